The molecule has 1 heterocycles. The van der Waals surface area contributed by atoms with Crippen molar-refractivity contribution in [2.45, 2.75) is 6.92 Å². The molecule has 0 amide bonds. The number of nitrogens with one attached hydrogen (secondary N) is 1. The van der Waals surface area contributed by atoms with Gasteiger partial charge in [0, 0.05) is 11.5 Å². The first-order valence-electron chi connectivity index (χ1n) is 7.61. The van der Waals surface area contributed by atoms with Crippen molar-refractivity contribution in [2.24, 2.45) is 11.8 Å². The van der Waals surface area contributed by atoms with Gasteiger partial charge in [0.15, 0.2) is 5.69 Å². The first-order chi connectivity index (χ1) is 11.7. The lowest BCUT2D eigenvalue weighted by atomic mass is 9.85. The van der Waals surface area contributed by atoms with Crippen LogP contribution in [-0.2, 0) is 0 Å². The highest BCUT2D eigenvalue weighted by Gasteiger charge is 2.18. The number of nitrogens with zero attached hydrogens (tertiary/aromatic N) is 4. The lowest BCUT2D eigenvalue weighted by molar-refractivity contribution is 0.609. The number of aromatic amines is 1. The minimum atomic E-state index is 0.198. The maximum atomic E-state index is 9.09. The van der Waals surface area contributed by atoms with Crippen LogP contribution in [0.2, 0.25) is 0 Å². The maximum absolute atomic E-state index is 9.09. The van der Waals surface area contributed by atoms with Crippen LogP contribution in [0, 0.1) is 34.5 Å². The van der Waals surface area contributed by atoms with E-state index in [0.29, 0.717) is 22.9 Å². The number of aromatic nitrogens is 3. The van der Waals surface area contributed by atoms with Crippen molar-refractivity contribution < 1.29 is 0 Å². The number of hydrogen-bond acceptors (Lipinski definition) is 4. The largest absolute Gasteiger partial charge is 0.196 e. The SMILES string of the molecule is CC1C=CC(c2n[nH]nc2C#N)=CC1/C=C/c1ccc(C#N)cc1. The van der Waals surface area contributed by atoms with Gasteiger partial charge in [-0.25, -0.2) is 0 Å². The molecule has 1 aromatic heterocycles. The molecule has 2 atom stereocenters. The van der Waals surface area contributed by atoms with Gasteiger partial charge in [0.25, 0.3) is 0 Å². The summed E-state index contributed by atoms with van der Waals surface area (Å²) in [7, 11) is 0. The molecule has 24 heavy (non-hydrogen) atoms. The van der Waals surface area contributed by atoms with Crippen LogP contribution in [0.3, 0.4) is 0 Å². The van der Waals surface area contributed by atoms with E-state index < -0.39 is 0 Å². The monoisotopic (exact) mass is 313 g/mol. The highest BCUT2D eigenvalue weighted by molar-refractivity contribution is 5.75. The number of allylic oxidation sites excluding steroid dienone is 5. The van der Waals surface area contributed by atoms with Crippen LogP contribution in [0.1, 0.15) is 29.4 Å². The van der Waals surface area contributed by atoms with Gasteiger partial charge in [0.2, 0.25) is 0 Å². The van der Waals surface area contributed by atoms with E-state index in [-0.39, 0.29) is 5.92 Å². The molecule has 0 bridgehead atoms. The molecule has 2 aromatic rings. The van der Waals surface area contributed by atoms with Crippen molar-refractivity contribution >= 4 is 11.6 Å². The zero-order chi connectivity index (χ0) is 16.9. The second-order valence-electron chi connectivity index (χ2n) is 5.64. The Kier molecular flexibility index (Phi) is 4.36. The third-order valence-corrected chi connectivity index (χ3v) is 4.04. The Hall–Kier alpha value is -3.44. The standard InChI is InChI=1S/C19H15N5/c1-13-2-8-17(19-18(12-21)22-24-23-19)10-16(13)9-7-14-3-5-15(11-20)6-4-14/h2-10,13,16H,1H3,(H,22,23,24)/b9-7+. The van der Waals surface area contributed by atoms with E-state index in [4.69, 9.17) is 10.5 Å². The van der Waals surface area contributed by atoms with E-state index >= 15 is 0 Å². The summed E-state index contributed by atoms with van der Waals surface area (Å²) in [6.45, 7) is 2.14. The van der Waals surface area contributed by atoms with Crippen LogP contribution < -0.4 is 0 Å². The molecule has 1 N–H and O–H groups in total. The first kappa shape index (κ1) is 15.5. The molecular weight excluding hydrogens is 298 g/mol. The summed E-state index contributed by atoms with van der Waals surface area (Å²) in [6.07, 6.45) is 10.4. The molecule has 0 fully saturated rings. The van der Waals surface area contributed by atoms with Crippen molar-refractivity contribution in [3.05, 3.63) is 71.1 Å². The number of hydrogen-bond donors (Lipinski definition) is 1. The molecule has 5 nitrogen and oxygen atoms in total. The van der Waals surface area contributed by atoms with Crippen molar-refractivity contribution in [2.75, 3.05) is 0 Å². The summed E-state index contributed by atoms with van der Waals surface area (Å²) in [5.41, 5.74) is 3.48. The lowest BCUT2D eigenvalue weighted by Crippen LogP contribution is -2.08. The molecule has 0 saturated carbocycles. The molecule has 116 valence electrons. The summed E-state index contributed by atoms with van der Waals surface area (Å²) in [6, 6.07) is 11.6. The first-order valence-corrected chi connectivity index (χ1v) is 7.61. The Balaban J connectivity index is 1.84. The van der Waals surface area contributed by atoms with Gasteiger partial charge in [-0.2, -0.15) is 20.8 Å². The molecule has 1 aliphatic carbocycles. The van der Waals surface area contributed by atoms with Gasteiger partial charge in [-0.3, -0.25) is 0 Å². The van der Waals surface area contributed by atoms with E-state index in [1.54, 1.807) is 12.1 Å². The van der Waals surface area contributed by atoms with Crippen LogP contribution >= 0.6 is 0 Å². The Bertz CT molecular complexity index is 900. The smallest absolute Gasteiger partial charge is 0.190 e. The maximum Gasteiger partial charge on any atom is 0.190 e. The molecule has 5 heteroatoms. The second kappa shape index (κ2) is 6.76. The van der Waals surface area contributed by atoms with Crippen molar-refractivity contribution in [1.29, 1.82) is 10.5 Å². The van der Waals surface area contributed by atoms with Gasteiger partial charge < -0.3 is 0 Å². The number of H-pyrrole nitrogens is 1. The zero-order valence-electron chi connectivity index (χ0n) is 13.1. The minimum Gasteiger partial charge on any atom is -0.196 e. The van der Waals surface area contributed by atoms with E-state index in [1.165, 1.54) is 0 Å². The van der Waals surface area contributed by atoms with Crippen LogP contribution in [-0.4, -0.2) is 15.4 Å². The second-order valence-corrected chi connectivity index (χ2v) is 5.64. The summed E-state index contributed by atoms with van der Waals surface area (Å²) in [4.78, 5) is 0. The normalized spacial score (nSPS) is 19.7. The highest BCUT2D eigenvalue weighted by atomic mass is 15.3. The molecule has 3 rings (SSSR count). The minimum absolute atomic E-state index is 0.198. The molecule has 1 aliphatic rings. The molecular formula is C19H15N5. The van der Waals surface area contributed by atoms with E-state index in [1.807, 2.05) is 30.4 Å². The Morgan fingerprint density at radius 2 is 1.92 bits per heavy atom. The highest BCUT2D eigenvalue weighted by Crippen LogP contribution is 2.29. The fourth-order valence-corrected chi connectivity index (χ4v) is 2.59. The summed E-state index contributed by atoms with van der Waals surface area (Å²) >= 11 is 0. The third-order valence-electron chi connectivity index (χ3n) is 4.04. The summed E-state index contributed by atoms with van der Waals surface area (Å²) in [5, 5.41) is 28.4. The lowest BCUT2D eigenvalue weighted by Gasteiger charge is -2.19. The molecule has 0 radical (unpaired) electrons. The molecule has 2 unspecified atom stereocenters. The van der Waals surface area contributed by atoms with Gasteiger partial charge in [0.1, 0.15) is 11.8 Å². The average molecular weight is 313 g/mol. The zero-order valence-corrected chi connectivity index (χ0v) is 13.1. The quantitative estimate of drug-likeness (QED) is 0.939. The number of nitriles is 2. The molecule has 0 spiro atoms. The third kappa shape index (κ3) is 3.16. The van der Waals surface area contributed by atoms with Gasteiger partial charge in [0.05, 0.1) is 11.6 Å². The van der Waals surface area contributed by atoms with Gasteiger partial charge >= 0.3 is 0 Å². The van der Waals surface area contributed by atoms with Crippen molar-refractivity contribution in [3.63, 3.8) is 0 Å². The van der Waals surface area contributed by atoms with E-state index in [0.717, 1.165) is 11.1 Å². The Morgan fingerprint density at radius 3 is 2.62 bits per heavy atom. The Morgan fingerprint density at radius 1 is 1.12 bits per heavy atom. The van der Waals surface area contributed by atoms with Crippen molar-refractivity contribution in [3.8, 4) is 12.1 Å². The van der Waals surface area contributed by atoms with E-state index in [2.05, 4.69) is 46.6 Å². The van der Waals surface area contributed by atoms with Gasteiger partial charge in [-0.1, -0.05) is 49.4 Å². The summed E-state index contributed by atoms with van der Waals surface area (Å²) < 4.78 is 0. The topological polar surface area (TPSA) is 89.2 Å². The fourth-order valence-electron chi connectivity index (χ4n) is 2.59. The van der Waals surface area contributed by atoms with Crippen molar-refractivity contribution in [1.82, 2.24) is 15.4 Å². The fraction of sp³-hybridized carbons (Fsp3) is 0.158. The van der Waals surface area contributed by atoms with E-state index in [9.17, 15) is 0 Å². The van der Waals surface area contributed by atoms with Gasteiger partial charge in [-0.05, 0) is 23.6 Å². The number of benzene rings is 1. The number of rotatable bonds is 3. The molecule has 0 aliphatic heterocycles. The van der Waals surface area contributed by atoms with Crippen LogP contribution in [0.25, 0.3) is 11.6 Å². The van der Waals surface area contributed by atoms with Crippen LogP contribution in [0.4, 0.5) is 0 Å². The predicted molar refractivity (Wildman–Crippen MR) is 91.1 cm³/mol. The predicted octanol–water partition coefficient (Wildman–Crippen LogP) is 3.47. The molecule has 0 saturated heterocycles. The van der Waals surface area contributed by atoms with Crippen LogP contribution in [0.5, 0.6) is 0 Å². The van der Waals surface area contributed by atoms with Gasteiger partial charge in [-0.15, -0.1) is 5.10 Å². The van der Waals surface area contributed by atoms with Crippen LogP contribution in [0.15, 0.2) is 48.6 Å². The average Bonchev–Trinajstić information content (AvgIpc) is 3.10. The Labute approximate surface area is 140 Å². The molecule has 1 aromatic carbocycles. The summed E-state index contributed by atoms with van der Waals surface area (Å²) in [5.74, 6) is 0.546.